The van der Waals surface area contributed by atoms with Gasteiger partial charge >= 0.3 is 0 Å². The summed E-state index contributed by atoms with van der Waals surface area (Å²) >= 11 is 0. The van der Waals surface area contributed by atoms with Crippen LogP contribution in [0.5, 0.6) is 17.2 Å². The topological polar surface area (TPSA) is 21.8 Å². The minimum absolute atomic E-state index is 0.344. The Kier molecular flexibility index (Phi) is 6.99. The first-order chi connectivity index (χ1) is 29.7. The van der Waals surface area contributed by atoms with E-state index >= 15 is 0 Å². The predicted molar refractivity (Wildman–Crippen MR) is 241 cm³/mol. The first-order valence-corrected chi connectivity index (χ1v) is 28.3. The highest BCUT2D eigenvalue weighted by atomic mass is 16.6. The minimum Gasteiger partial charge on any atom is -0.489 e. The van der Waals surface area contributed by atoms with Gasteiger partial charge in [0.25, 0.3) is 0 Å². The lowest BCUT2D eigenvalue weighted by atomic mass is 9.41. The molecule has 0 aromatic heterocycles. The maximum absolute atomic E-state index is 8.23. The third-order valence-electron chi connectivity index (χ3n) is 25.5. The maximum atomic E-state index is 8.23. The van der Waals surface area contributed by atoms with Crippen molar-refractivity contribution in [2.45, 2.75) is 215 Å². The lowest BCUT2D eigenvalue weighted by Crippen LogP contribution is -2.55. The van der Waals surface area contributed by atoms with Crippen molar-refractivity contribution in [1.29, 1.82) is 0 Å². The van der Waals surface area contributed by atoms with Crippen molar-refractivity contribution in [3.8, 4) is 17.2 Å². The molecule has 2 heteroatoms. The molecule has 20 saturated carbocycles. The van der Waals surface area contributed by atoms with Crippen LogP contribution in [0.2, 0.25) is 0 Å². The Hall–Kier alpha value is -1.18. The van der Waals surface area contributed by atoms with Crippen molar-refractivity contribution in [2.24, 2.45) is 106 Å². The molecule has 20 fully saturated rings. The van der Waals surface area contributed by atoms with Gasteiger partial charge in [0.05, 0.1) is 6.61 Å². The Labute approximate surface area is 369 Å². The summed E-state index contributed by atoms with van der Waals surface area (Å²) in [6.07, 6.45) is 47.8. The van der Waals surface area contributed by atoms with E-state index in [9.17, 15) is 0 Å². The van der Waals surface area contributed by atoms with Gasteiger partial charge in [0.1, 0.15) is 0 Å². The summed E-state index contributed by atoms with van der Waals surface area (Å²) in [5.74, 6) is 20.0. The molecule has 21 aliphatic rings. The Morgan fingerprint density at radius 2 is 0.672 bits per heavy atom. The van der Waals surface area contributed by atoms with Crippen molar-refractivity contribution < 1.29 is 9.47 Å². The summed E-state index contributed by atoms with van der Waals surface area (Å²) in [6.45, 7) is 1.03. The normalized spacial score (nSPS) is 57.5. The second-order valence-electron chi connectivity index (χ2n) is 29.7. The summed E-state index contributed by atoms with van der Waals surface area (Å²) in [4.78, 5) is 0. The van der Waals surface area contributed by atoms with Gasteiger partial charge in [-0.2, -0.15) is 0 Å². The average molecular weight is 821 g/mol. The molecule has 1 heterocycles. The van der Waals surface area contributed by atoms with Crippen LogP contribution in [0.1, 0.15) is 216 Å². The molecule has 0 radical (unpaired) electrons. The molecule has 20 aliphatic carbocycles. The average Bonchev–Trinajstić information content (AvgIpc) is 3.97. The van der Waals surface area contributed by atoms with Gasteiger partial charge in [0.2, 0.25) is 5.75 Å². The second kappa shape index (κ2) is 11.8. The molecule has 0 amide bonds. The molecule has 0 spiro atoms. The van der Waals surface area contributed by atoms with Crippen molar-refractivity contribution >= 4 is 0 Å². The summed E-state index contributed by atoms with van der Waals surface area (Å²) in [7, 11) is 0. The summed E-state index contributed by atoms with van der Waals surface area (Å²) in [5, 5.41) is 0. The van der Waals surface area contributed by atoms with Gasteiger partial charge in [0, 0.05) is 22.0 Å². The van der Waals surface area contributed by atoms with E-state index in [0.29, 0.717) is 27.1 Å². The summed E-state index contributed by atoms with van der Waals surface area (Å²) in [6, 6.07) is 0. The third-order valence-corrected chi connectivity index (χ3v) is 25.5. The third kappa shape index (κ3) is 5.06. The molecule has 20 bridgehead atoms. The van der Waals surface area contributed by atoms with Crippen LogP contribution in [-0.2, 0) is 16.2 Å². The van der Waals surface area contributed by atoms with Gasteiger partial charge in [0.15, 0.2) is 11.5 Å². The quantitative estimate of drug-likeness (QED) is 0.235. The molecular weight excluding hydrogens is 741 g/mol. The molecule has 2 nitrogen and oxygen atoms in total. The van der Waals surface area contributed by atoms with Crippen LogP contribution in [0.15, 0.2) is 0 Å². The standard InChI is InChI=1S/C59H80O2/c1-33-2-35-3-34(1)17-55(16-33,18-35)31-48(56-19-36-4-37(20-56)6-38(5-36)21-56)32-60-52-50(58-25-42-10-43(26-58)12-44(11-42)27-58)49(57-22-39-7-40(23-57)9-41(8-39)24-57)51(53-54(52)61-53)59-28-45-13-46(29-59)15-47(14-45)30-59/h33-48H,1-32H2. The Balaban J connectivity index is 0.850. The first kappa shape index (κ1) is 36.0. The fraction of sp³-hybridized carbons (Fsp3) is 0.898. The van der Waals surface area contributed by atoms with E-state index < -0.39 is 0 Å². The zero-order chi connectivity index (χ0) is 39.2. The Morgan fingerprint density at radius 3 is 1.05 bits per heavy atom. The SMILES string of the molecule is C1C2CC3CC1CC(CC(COc1c4c(c(C56CC7CC(CC(C7)C5)C6)c(C56CC7CC(CC(C7)C5)C6)c1C15CC6CC(CC(C6)C1)C5)O4)C14CC5CC(CC(C5)C1)C4)(C2)C3. The fourth-order valence-corrected chi connectivity index (χ4v) is 26.2. The van der Waals surface area contributed by atoms with Crippen LogP contribution < -0.4 is 9.47 Å². The van der Waals surface area contributed by atoms with Crippen LogP contribution in [0.4, 0.5) is 0 Å². The van der Waals surface area contributed by atoms with Crippen molar-refractivity contribution in [2.75, 3.05) is 6.61 Å². The number of hydrogen-bond acceptors (Lipinski definition) is 2. The van der Waals surface area contributed by atoms with Crippen molar-refractivity contribution in [3.63, 3.8) is 0 Å². The molecule has 61 heavy (non-hydrogen) atoms. The zero-order valence-electron chi connectivity index (χ0n) is 38.2. The van der Waals surface area contributed by atoms with E-state index in [1.165, 1.54) is 81.5 Å². The van der Waals surface area contributed by atoms with Gasteiger partial charge in [-0.15, -0.1) is 0 Å². The minimum atomic E-state index is 0.344. The molecule has 1 aliphatic heterocycles. The summed E-state index contributed by atoms with van der Waals surface area (Å²) < 4.78 is 15.6. The molecule has 0 saturated heterocycles. The molecular formula is C59H80O2. The molecule has 22 rings (SSSR count). The molecule has 1 unspecified atom stereocenters. The largest absolute Gasteiger partial charge is 0.489 e. The molecule has 1 aromatic carbocycles. The van der Waals surface area contributed by atoms with E-state index in [-0.39, 0.29) is 0 Å². The zero-order valence-corrected chi connectivity index (χ0v) is 38.2. The highest BCUT2D eigenvalue weighted by Gasteiger charge is 2.65. The van der Waals surface area contributed by atoms with E-state index in [4.69, 9.17) is 9.47 Å². The smallest absolute Gasteiger partial charge is 0.212 e. The maximum Gasteiger partial charge on any atom is 0.212 e. The van der Waals surface area contributed by atoms with Crippen molar-refractivity contribution in [3.05, 3.63) is 16.7 Å². The number of fused-ring (bicyclic) bond motifs is 1. The number of rotatable bonds is 9. The van der Waals surface area contributed by atoms with Gasteiger partial charge < -0.3 is 9.47 Å². The highest BCUT2D eigenvalue weighted by Crippen LogP contribution is 2.76. The molecule has 0 N–H and O–H groups in total. The molecule has 328 valence electrons. The Morgan fingerprint density at radius 1 is 0.361 bits per heavy atom. The lowest BCUT2D eigenvalue weighted by Gasteiger charge is -2.63. The van der Waals surface area contributed by atoms with Crippen LogP contribution in [0.25, 0.3) is 0 Å². The first-order valence-electron chi connectivity index (χ1n) is 28.3. The molecule has 1 atom stereocenters. The molecule has 1 aromatic rings. The van der Waals surface area contributed by atoms with Gasteiger partial charge in [-0.25, -0.2) is 0 Å². The predicted octanol–water partition coefficient (Wildman–Crippen LogP) is 15.0. The fourth-order valence-electron chi connectivity index (χ4n) is 26.2. The summed E-state index contributed by atoms with van der Waals surface area (Å²) in [5.41, 5.74) is 8.16. The van der Waals surface area contributed by atoms with E-state index in [1.54, 1.807) is 135 Å². The van der Waals surface area contributed by atoms with E-state index in [1.807, 2.05) is 16.7 Å². The van der Waals surface area contributed by atoms with Crippen LogP contribution in [0.3, 0.4) is 0 Å². The van der Waals surface area contributed by atoms with Gasteiger partial charge in [-0.1, -0.05) is 0 Å². The second-order valence-corrected chi connectivity index (χ2v) is 29.7. The number of benzene rings is 1. The van der Waals surface area contributed by atoms with Crippen molar-refractivity contribution in [1.82, 2.24) is 0 Å². The van der Waals surface area contributed by atoms with Crippen LogP contribution in [-0.4, -0.2) is 6.61 Å². The van der Waals surface area contributed by atoms with Crippen LogP contribution >= 0.6 is 0 Å². The van der Waals surface area contributed by atoms with Crippen LogP contribution in [0, 0.1) is 106 Å². The van der Waals surface area contributed by atoms with Gasteiger partial charge in [-0.3, -0.25) is 0 Å². The number of ether oxygens (including phenoxy) is 2. The lowest BCUT2D eigenvalue weighted by molar-refractivity contribution is -0.129. The van der Waals surface area contributed by atoms with E-state index in [0.717, 1.165) is 101 Å². The van der Waals surface area contributed by atoms with Gasteiger partial charge in [-0.05, 0) is 316 Å². The Bertz CT molecular complexity index is 1890. The van der Waals surface area contributed by atoms with E-state index in [2.05, 4.69) is 0 Å². The number of hydrogen-bond donors (Lipinski definition) is 0. The highest BCUT2D eigenvalue weighted by molar-refractivity contribution is 5.77. The monoisotopic (exact) mass is 821 g/mol.